The second-order valence-electron chi connectivity index (χ2n) is 11.0. The van der Waals surface area contributed by atoms with Crippen molar-refractivity contribution in [1.82, 2.24) is 9.88 Å². The summed E-state index contributed by atoms with van der Waals surface area (Å²) in [5.74, 6) is -0.379. The van der Waals surface area contributed by atoms with Crippen LogP contribution in [0.4, 0.5) is 16.2 Å². The first-order valence-corrected chi connectivity index (χ1v) is 13.3. The van der Waals surface area contributed by atoms with Gasteiger partial charge in [-0.05, 0) is 82.4 Å². The summed E-state index contributed by atoms with van der Waals surface area (Å²) >= 11 is 16.1. The van der Waals surface area contributed by atoms with E-state index in [2.05, 4.69) is 26.2 Å². The van der Waals surface area contributed by atoms with Crippen LogP contribution in [-0.2, 0) is 14.3 Å². The smallest absolute Gasteiger partial charge is 0.410 e. The molecule has 3 rings (SSSR count). The highest BCUT2D eigenvalue weighted by atomic mass is 79.9. The van der Waals surface area contributed by atoms with E-state index in [1.54, 1.807) is 17.0 Å². The average molecular weight is 604 g/mol. The Morgan fingerprint density at radius 3 is 2.42 bits per heavy atom. The lowest BCUT2D eigenvalue weighted by Crippen LogP contribution is -2.51. The van der Waals surface area contributed by atoms with Gasteiger partial charge in [0.1, 0.15) is 11.2 Å². The number of benzene rings is 1. The summed E-state index contributed by atoms with van der Waals surface area (Å²) in [5, 5.41) is 4.90. The first kappa shape index (κ1) is 28.6. The maximum atomic E-state index is 13.0. The number of nitrogens with zero attached hydrogens (tertiary/aromatic N) is 2. The van der Waals surface area contributed by atoms with Gasteiger partial charge in [0.05, 0.1) is 28.3 Å². The minimum Gasteiger partial charge on any atom is -0.460 e. The molecule has 0 aliphatic carbocycles. The minimum absolute atomic E-state index is 0.0425. The summed E-state index contributed by atoms with van der Waals surface area (Å²) in [4.78, 5) is 31.7. The van der Waals surface area contributed by atoms with E-state index in [1.165, 1.54) is 0 Å². The Hall–Kier alpha value is -1.97. The number of hydrogen-bond acceptors (Lipinski definition) is 7. The lowest BCUT2D eigenvalue weighted by atomic mass is 9.94. The summed E-state index contributed by atoms with van der Waals surface area (Å²) in [6.45, 7) is 11.3. The van der Waals surface area contributed by atoms with Crippen LogP contribution in [0.5, 0.6) is 0 Å². The van der Waals surface area contributed by atoms with Gasteiger partial charge in [0.15, 0.2) is 5.15 Å². The highest BCUT2D eigenvalue weighted by molar-refractivity contribution is 9.10. The Morgan fingerprint density at radius 1 is 1.17 bits per heavy atom. The fraction of sp³-hybridized carbons (Fsp3) is 0.560. The van der Waals surface area contributed by atoms with Gasteiger partial charge >= 0.3 is 12.1 Å². The van der Waals surface area contributed by atoms with E-state index in [9.17, 15) is 9.59 Å². The van der Waals surface area contributed by atoms with E-state index in [0.29, 0.717) is 45.8 Å². The Labute approximate surface area is 230 Å². The molecule has 1 aliphatic rings. The zero-order chi connectivity index (χ0) is 27.0. The summed E-state index contributed by atoms with van der Waals surface area (Å²) < 4.78 is 11.8. The third-order valence-corrected chi connectivity index (χ3v) is 7.02. The predicted octanol–water partition coefficient (Wildman–Crippen LogP) is 6.80. The first-order chi connectivity index (χ1) is 16.5. The summed E-state index contributed by atoms with van der Waals surface area (Å²) in [6, 6.07) is 3.02. The number of rotatable bonds is 4. The molecule has 11 heteroatoms. The largest absolute Gasteiger partial charge is 0.460 e. The van der Waals surface area contributed by atoms with Crippen LogP contribution in [0.25, 0.3) is 10.9 Å². The van der Waals surface area contributed by atoms with Gasteiger partial charge in [0, 0.05) is 28.5 Å². The standard InChI is InChI=1S/C25H33BrCl2N4O4/c1-24(2,3)35-19(33)10-14-9-13(7-8-32(14)23(34)36-25(4,5)6)30-21-15-11-17(27)16(26)12-18(15)31-22(28)20(21)29/h11-14H,7-10,29H2,1-6H3,(H,30,31)/t13-,14-/m0/s1. The van der Waals surface area contributed by atoms with Crippen LogP contribution in [0, 0.1) is 0 Å². The van der Waals surface area contributed by atoms with E-state index >= 15 is 0 Å². The second-order valence-corrected chi connectivity index (χ2v) is 12.6. The van der Waals surface area contributed by atoms with Crippen molar-refractivity contribution in [2.24, 2.45) is 0 Å². The highest BCUT2D eigenvalue weighted by Gasteiger charge is 2.37. The summed E-state index contributed by atoms with van der Waals surface area (Å²) in [7, 11) is 0. The van der Waals surface area contributed by atoms with Gasteiger partial charge in [0.2, 0.25) is 0 Å². The van der Waals surface area contributed by atoms with E-state index in [4.69, 9.17) is 38.4 Å². The van der Waals surface area contributed by atoms with Gasteiger partial charge < -0.3 is 25.4 Å². The first-order valence-electron chi connectivity index (χ1n) is 11.8. The van der Waals surface area contributed by atoms with Crippen molar-refractivity contribution in [3.8, 4) is 0 Å². The van der Waals surface area contributed by atoms with Crippen LogP contribution in [0.15, 0.2) is 16.6 Å². The quantitative estimate of drug-likeness (QED) is 0.292. The van der Waals surface area contributed by atoms with Crippen LogP contribution in [-0.4, -0.2) is 51.8 Å². The molecular weight excluding hydrogens is 571 g/mol. The van der Waals surface area contributed by atoms with Crippen molar-refractivity contribution in [2.75, 3.05) is 17.6 Å². The van der Waals surface area contributed by atoms with Crippen molar-refractivity contribution >= 4 is 73.5 Å². The molecule has 2 atom stereocenters. The number of pyridine rings is 1. The Balaban J connectivity index is 1.89. The van der Waals surface area contributed by atoms with Gasteiger partial charge in [-0.3, -0.25) is 4.79 Å². The van der Waals surface area contributed by atoms with Crippen LogP contribution in [0.1, 0.15) is 60.8 Å². The Kier molecular flexibility index (Phi) is 8.57. The molecule has 2 aromatic rings. The van der Waals surface area contributed by atoms with E-state index in [-0.39, 0.29) is 23.6 Å². The summed E-state index contributed by atoms with van der Waals surface area (Å²) in [6.07, 6.45) is 0.669. The molecule has 0 spiro atoms. The molecular formula is C25H33BrCl2N4O4. The van der Waals surface area contributed by atoms with Crippen molar-refractivity contribution in [2.45, 2.75) is 84.1 Å². The molecule has 1 aromatic carbocycles. The number of hydrogen-bond donors (Lipinski definition) is 2. The molecule has 0 saturated carbocycles. The average Bonchev–Trinajstić information content (AvgIpc) is 2.70. The molecule has 8 nitrogen and oxygen atoms in total. The number of amides is 1. The molecule has 36 heavy (non-hydrogen) atoms. The van der Waals surface area contributed by atoms with Crippen LogP contribution in [0.2, 0.25) is 10.2 Å². The van der Waals surface area contributed by atoms with Gasteiger partial charge in [-0.25, -0.2) is 9.78 Å². The van der Waals surface area contributed by atoms with Crippen molar-refractivity contribution < 1.29 is 19.1 Å². The zero-order valence-corrected chi connectivity index (χ0v) is 24.5. The van der Waals surface area contributed by atoms with Crippen LogP contribution >= 0.6 is 39.1 Å². The van der Waals surface area contributed by atoms with Gasteiger partial charge in [0.25, 0.3) is 0 Å². The fourth-order valence-electron chi connectivity index (χ4n) is 4.12. The number of nitrogens with two attached hydrogens (primary N) is 1. The van der Waals surface area contributed by atoms with Crippen molar-refractivity contribution in [3.63, 3.8) is 0 Å². The number of esters is 1. The molecule has 1 saturated heterocycles. The molecule has 198 valence electrons. The number of aromatic nitrogens is 1. The molecule has 1 amide bonds. The lowest BCUT2D eigenvalue weighted by molar-refractivity contribution is -0.156. The fourth-order valence-corrected chi connectivity index (χ4v) is 4.80. The van der Waals surface area contributed by atoms with Gasteiger partial charge in [-0.15, -0.1) is 0 Å². The van der Waals surface area contributed by atoms with Crippen molar-refractivity contribution in [3.05, 3.63) is 26.8 Å². The zero-order valence-electron chi connectivity index (χ0n) is 21.4. The van der Waals surface area contributed by atoms with E-state index in [0.717, 1.165) is 5.39 Å². The Bertz CT molecular complexity index is 1160. The maximum Gasteiger partial charge on any atom is 0.410 e. The lowest BCUT2D eigenvalue weighted by Gasteiger charge is -2.40. The number of nitrogens with one attached hydrogen (secondary N) is 1. The minimum atomic E-state index is -0.655. The summed E-state index contributed by atoms with van der Waals surface area (Å²) in [5.41, 5.74) is 6.58. The number of fused-ring (bicyclic) bond motifs is 1. The molecule has 0 unspecified atom stereocenters. The van der Waals surface area contributed by atoms with E-state index in [1.807, 2.05) is 41.5 Å². The predicted molar refractivity (Wildman–Crippen MR) is 148 cm³/mol. The molecule has 1 aromatic heterocycles. The van der Waals surface area contributed by atoms with Gasteiger partial charge in [-0.2, -0.15) is 0 Å². The van der Waals surface area contributed by atoms with Crippen LogP contribution < -0.4 is 11.1 Å². The topological polar surface area (TPSA) is 107 Å². The maximum absolute atomic E-state index is 13.0. The molecule has 0 radical (unpaired) electrons. The number of carbonyl (C=O) groups is 2. The number of halogens is 3. The number of anilines is 2. The van der Waals surface area contributed by atoms with E-state index < -0.39 is 23.3 Å². The van der Waals surface area contributed by atoms with Crippen LogP contribution in [0.3, 0.4) is 0 Å². The number of ether oxygens (including phenoxy) is 2. The third-order valence-electron chi connectivity index (χ3n) is 5.53. The molecule has 1 aliphatic heterocycles. The number of carbonyl (C=O) groups excluding carboxylic acids is 2. The molecule has 0 bridgehead atoms. The number of likely N-dealkylation sites (tertiary alicyclic amines) is 1. The SMILES string of the molecule is CC(C)(C)OC(=O)C[C@@H]1C[C@@H](Nc2c(N)c(Cl)nc3cc(Br)c(Cl)cc23)CCN1C(=O)OC(C)(C)C. The highest BCUT2D eigenvalue weighted by Crippen LogP contribution is 2.39. The van der Waals surface area contributed by atoms with Crippen molar-refractivity contribution in [1.29, 1.82) is 0 Å². The monoisotopic (exact) mass is 602 g/mol. The second kappa shape index (κ2) is 10.8. The molecule has 3 N–H and O–H groups in total. The number of piperidine rings is 1. The van der Waals surface area contributed by atoms with Gasteiger partial charge in [-0.1, -0.05) is 23.2 Å². The normalized spacial score (nSPS) is 18.8. The Morgan fingerprint density at radius 2 is 1.81 bits per heavy atom. The molecule has 1 fully saturated rings. The molecule has 2 heterocycles. The number of nitrogen functional groups attached to an aromatic ring is 1. The third kappa shape index (κ3) is 7.29.